The van der Waals surface area contributed by atoms with Gasteiger partial charge in [0.25, 0.3) is 0 Å². The summed E-state index contributed by atoms with van der Waals surface area (Å²) in [4.78, 5) is 1.76. The van der Waals surface area contributed by atoms with E-state index in [1.807, 2.05) is 0 Å². The van der Waals surface area contributed by atoms with Crippen LogP contribution in [0.5, 0.6) is 0 Å². The predicted molar refractivity (Wildman–Crippen MR) is 66.2 cm³/mol. The van der Waals surface area contributed by atoms with Crippen LogP contribution in [0.4, 0.5) is 0 Å². The molecule has 0 amide bonds. The number of rotatable bonds is 4. The fourth-order valence-corrected chi connectivity index (χ4v) is 2.55. The van der Waals surface area contributed by atoms with E-state index in [2.05, 4.69) is 36.6 Å². The Balaban J connectivity index is 1.88. The molecular formula is C14H24N2+2. The molecule has 16 heavy (non-hydrogen) atoms. The summed E-state index contributed by atoms with van der Waals surface area (Å²) in [6, 6.07) is 9.16. The Bertz CT molecular complexity index is 299. The molecule has 0 aromatic heterocycles. The number of nitrogens with one attached hydrogen (secondary N) is 1. The molecule has 0 saturated carbocycles. The molecular weight excluding hydrogens is 196 g/mol. The van der Waals surface area contributed by atoms with Crippen molar-refractivity contribution < 1.29 is 10.2 Å². The van der Waals surface area contributed by atoms with Crippen molar-refractivity contribution in [2.75, 3.05) is 20.1 Å². The Morgan fingerprint density at radius 2 is 1.62 bits per heavy atom. The van der Waals surface area contributed by atoms with E-state index < -0.39 is 0 Å². The van der Waals surface area contributed by atoms with Gasteiger partial charge in [-0.05, 0) is 19.3 Å². The fourth-order valence-electron chi connectivity index (χ4n) is 2.55. The first-order valence-corrected chi connectivity index (χ1v) is 6.57. The summed E-state index contributed by atoms with van der Waals surface area (Å²) in [5.41, 5.74) is 2.93. The highest BCUT2D eigenvalue weighted by molar-refractivity contribution is 5.21. The molecule has 1 fully saturated rings. The van der Waals surface area contributed by atoms with Gasteiger partial charge < -0.3 is 10.2 Å². The molecule has 0 unspecified atom stereocenters. The van der Waals surface area contributed by atoms with Gasteiger partial charge in [-0.15, -0.1) is 0 Å². The summed E-state index contributed by atoms with van der Waals surface area (Å²) in [6.45, 7) is 5.04. The van der Waals surface area contributed by atoms with Crippen LogP contribution in [-0.4, -0.2) is 20.1 Å². The van der Waals surface area contributed by atoms with Crippen molar-refractivity contribution in [2.45, 2.75) is 32.4 Å². The lowest BCUT2D eigenvalue weighted by atomic mass is 10.1. The Hall–Kier alpha value is -0.860. The molecule has 1 heterocycles. The van der Waals surface area contributed by atoms with Gasteiger partial charge in [0.05, 0.1) is 20.1 Å². The van der Waals surface area contributed by atoms with E-state index in [0.717, 1.165) is 6.54 Å². The van der Waals surface area contributed by atoms with E-state index in [1.54, 1.807) is 4.90 Å². The maximum Gasteiger partial charge on any atom is 0.103 e. The van der Waals surface area contributed by atoms with E-state index in [9.17, 15) is 0 Å². The van der Waals surface area contributed by atoms with E-state index in [0.29, 0.717) is 0 Å². The van der Waals surface area contributed by atoms with Crippen molar-refractivity contribution in [1.29, 1.82) is 0 Å². The lowest BCUT2D eigenvalue weighted by Crippen LogP contribution is -3.11. The van der Waals surface area contributed by atoms with Crippen molar-refractivity contribution in [3.8, 4) is 0 Å². The van der Waals surface area contributed by atoms with Crippen molar-refractivity contribution >= 4 is 0 Å². The second kappa shape index (κ2) is 6.02. The monoisotopic (exact) mass is 220 g/mol. The average molecular weight is 220 g/mol. The van der Waals surface area contributed by atoms with Crippen LogP contribution in [-0.2, 0) is 13.1 Å². The highest BCUT2D eigenvalue weighted by Gasteiger charge is 2.13. The molecule has 1 aliphatic rings. The summed E-state index contributed by atoms with van der Waals surface area (Å²) in [5.74, 6) is 0. The second-order valence-electron chi connectivity index (χ2n) is 4.92. The number of likely N-dealkylation sites (tertiary alicyclic amines) is 1. The first kappa shape index (κ1) is 11.6. The molecule has 2 heteroatoms. The molecule has 2 rings (SSSR count). The van der Waals surface area contributed by atoms with E-state index in [1.165, 1.54) is 50.0 Å². The Morgan fingerprint density at radius 1 is 1.00 bits per heavy atom. The van der Waals surface area contributed by atoms with E-state index >= 15 is 0 Å². The molecule has 0 radical (unpaired) electrons. The molecule has 0 spiro atoms. The normalized spacial score (nSPS) is 17.6. The number of benzene rings is 1. The number of nitrogens with two attached hydrogens (primary N) is 1. The molecule has 2 nitrogen and oxygen atoms in total. The van der Waals surface area contributed by atoms with Gasteiger partial charge in [0.2, 0.25) is 0 Å². The molecule has 1 aliphatic heterocycles. The lowest BCUT2D eigenvalue weighted by Gasteiger charge is -2.23. The third-order valence-electron chi connectivity index (χ3n) is 3.48. The average Bonchev–Trinajstić information content (AvgIpc) is 2.33. The van der Waals surface area contributed by atoms with Crippen molar-refractivity contribution in [3.63, 3.8) is 0 Å². The van der Waals surface area contributed by atoms with Crippen LogP contribution in [0.25, 0.3) is 0 Å². The number of piperidine rings is 1. The van der Waals surface area contributed by atoms with Crippen LogP contribution >= 0.6 is 0 Å². The van der Waals surface area contributed by atoms with Crippen LogP contribution in [0, 0.1) is 0 Å². The molecule has 1 saturated heterocycles. The Labute approximate surface area is 98.7 Å². The van der Waals surface area contributed by atoms with Crippen LogP contribution in [0.1, 0.15) is 30.4 Å². The molecule has 3 N–H and O–H groups in total. The van der Waals surface area contributed by atoms with Crippen molar-refractivity contribution in [2.24, 2.45) is 0 Å². The first-order valence-electron chi connectivity index (χ1n) is 6.57. The quantitative estimate of drug-likeness (QED) is 0.710. The van der Waals surface area contributed by atoms with Crippen LogP contribution in [0.15, 0.2) is 24.3 Å². The van der Waals surface area contributed by atoms with Gasteiger partial charge in [-0.25, -0.2) is 0 Å². The predicted octanol–water partition coefficient (Wildman–Crippen LogP) is -0.0514. The van der Waals surface area contributed by atoms with Crippen molar-refractivity contribution in [3.05, 3.63) is 35.4 Å². The van der Waals surface area contributed by atoms with Gasteiger partial charge in [0, 0.05) is 11.1 Å². The molecule has 0 aliphatic carbocycles. The maximum absolute atomic E-state index is 2.31. The number of quaternary nitrogens is 2. The Kier molecular flexibility index (Phi) is 4.37. The lowest BCUT2D eigenvalue weighted by molar-refractivity contribution is -0.918. The van der Waals surface area contributed by atoms with Gasteiger partial charge in [-0.1, -0.05) is 24.3 Å². The molecule has 1 aromatic rings. The minimum atomic E-state index is 1.09. The fraction of sp³-hybridized carbons (Fsp3) is 0.571. The summed E-state index contributed by atoms with van der Waals surface area (Å²) in [7, 11) is 2.12. The van der Waals surface area contributed by atoms with Crippen LogP contribution < -0.4 is 10.2 Å². The SMILES string of the molecule is C[NH2+]Cc1ccc(C[NH+]2CCCCC2)cc1. The number of hydrogen-bond acceptors (Lipinski definition) is 0. The summed E-state index contributed by atoms with van der Waals surface area (Å²) < 4.78 is 0. The maximum atomic E-state index is 2.31. The molecule has 88 valence electrons. The topological polar surface area (TPSA) is 21.1 Å². The summed E-state index contributed by atoms with van der Waals surface area (Å²) in [6.07, 6.45) is 4.27. The number of hydrogen-bond donors (Lipinski definition) is 2. The summed E-state index contributed by atoms with van der Waals surface area (Å²) in [5, 5.41) is 2.21. The van der Waals surface area contributed by atoms with Gasteiger partial charge in [-0.3, -0.25) is 0 Å². The minimum Gasteiger partial charge on any atom is -0.345 e. The molecule has 0 bridgehead atoms. The van der Waals surface area contributed by atoms with Gasteiger partial charge in [-0.2, -0.15) is 0 Å². The van der Waals surface area contributed by atoms with Crippen LogP contribution in [0.3, 0.4) is 0 Å². The zero-order valence-electron chi connectivity index (χ0n) is 10.3. The minimum absolute atomic E-state index is 1.09. The van der Waals surface area contributed by atoms with E-state index in [-0.39, 0.29) is 0 Å². The van der Waals surface area contributed by atoms with Gasteiger partial charge in [0.1, 0.15) is 13.1 Å². The van der Waals surface area contributed by atoms with Gasteiger partial charge >= 0.3 is 0 Å². The van der Waals surface area contributed by atoms with Gasteiger partial charge in [0.15, 0.2) is 0 Å². The van der Waals surface area contributed by atoms with E-state index in [4.69, 9.17) is 0 Å². The smallest absolute Gasteiger partial charge is 0.103 e. The zero-order valence-corrected chi connectivity index (χ0v) is 10.3. The standard InChI is InChI=1S/C14H22N2/c1-15-11-13-5-7-14(8-6-13)12-16-9-3-2-4-10-16/h5-8,15H,2-4,9-12H2,1H3/p+2. The molecule has 0 atom stereocenters. The highest BCUT2D eigenvalue weighted by atomic mass is 15.1. The van der Waals surface area contributed by atoms with Crippen LogP contribution in [0.2, 0.25) is 0 Å². The highest BCUT2D eigenvalue weighted by Crippen LogP contribution is 2.03. The molecule has 1 aromatic carbocycles. The third-order valence-corrected chi connectivity index (χ3v) is 3.48. The summed E-state index contributed by atoms with van der Waals surface area (Å²) >= 11 is 0. The van der Waals surface area contributed by atoms with Crippen molar-refractivity contribution in [1.82, 2.24) is 0 Å². The second-order valence-corrected chi connectivity index (χ2v) is 4.92. The zero-order chi connectivity index (χ0) is 11.2. The Morgan fingerprint density at radius 3 is 2.25 bits per heavy atom. The largest absolute Gasteiger partial charge is 0.345 e. The third kappa shape index (κ3) is 3.32. The first-order chi connectivity index (χ1) is 7.88.